The Morgan fingerprint density at radius 2 is 1.62 bits per heavy atom. The number of rotatable bonds is 3. The summed E-state index contributed by atoms with van der Waals surface area (Å²) in [6, 6.07) is 11.2. The summed E-state index contributed by atoms with van der Waals surface area (Å²) >= 11 is 0. The molecule has 0 aliphatic heterocycles. The lowest BCUT2D eigenvalue weighted by Gasteiger charge is -2.34. The molecule has 1 aliphatic rings. The lowest BCUT2D eigenvalue weighted by atomic mass is 10.0. The van der Waals surface area contributed by atoms with Gasteiger partial charge >= 0.3 is 0 Å². The highest BCUT2D eigenvalue weighted by atomic mass is 31.1. The third-order valence-electron chi connectivity index (χ3n) is 3.58. The van der Waals surface area contributed by atoms with E-state index in [1.165, 1.54) is 32.1 Å². The number of hydrogen-bond donors (Lipinski definition) is 0. The van der Waals surface area contributed by atoms with Gasteiger partial charge in [-0.25, -0.2) is 0 Å². The molecule has 0 saturated heterocycles. The van der Waals surface area contributed by atoms with Crippen molar-refractivity contribution in [2.75, 3.05) is 0 Å². The molecule has 1 aromatic carbocycles. The van der Waals surface area contributed by atoms with Crippen molar-refractivity contribution in [3.05, 3.63) is 30.3 Å². The largest absolute Gasteiger partial charge is 0.0695 e. The molecule has 0 radical (unpaired) electrons. The van der Waals surface area contributed by atoms with Crippen LogP contribution in [0.3, 0.4) is 0 Å². The minimum Gasteiger partial charge on any atom is -0.0695 e. The fourth-order valence-electron chi connectivity index (χ4n) is 2.89. The van der Waals surface area contributed by atoms with Gasteiger partial charge in [-0.1, -0.05) is 71.4 Å². The summed E-state index contributed by atoms with van der Waals surface area (Å²) in [5.41, 5.74) is 1.83. The molecule has 1 saturated carbocycles. The Hall–Kier alpha value is -0.350. The summed E-state index contributed by atoms with van der Waals surface area (Å²) in [7, 11) is 0.0671. The first-order valence-electron chi connectivity index (χ1n) is 6.62. The molecule has 1 atom stereocenters. The predicted octanol–water partition coefficient (Wildman–Crippen LogP) is 4.53. The lowest BCUT2D eigenvalue weighted by molar-refractivity contribution is 0.510. The second-order valence-corrected chi connectivity index (χ2v) is 8.22. The maximum absolute atomic E-state index is 2.41. The fraction of sp³-hybridized carbons (Fsp3) is 0.600. The third kappa shape index (κ3) is 2.86. The molecule has 0 heterocycles. The van der Waals surface area contributed by atoms with Gasteiger partial charge in [0.15, 0.2) is 0 Å². The summed E-state index contributed by atoms with van der Waals surface area (Å²) in [6.07, 6.45) is 7.33. The van der Waals surface area contributed by atoms with E-state index in [2.05, 4.69) is 44.2 Å². The molecule has 0 amide bonds. The van der Waals surface area contributed by atoms with Crippen molar-refractivity contribution >= 4 is 13.2 Å². The van der Waals surface area contributed by atoms with Gasteiger partial charge in [0.25, 0.3) is 0 Å². The molecule has 1 aliphatic carbocycles. The average molecular weight is 234 g/mol. The SMILES string of the molecule is CC(C)P(c1ccccc1)C1CCCCC1. The van der Waals surface area contributed by atoms with E-state index in [0.29, 0.717) is 0 Å². The average Bonchev–Trinajstić information content (AvgIpc) is 2.31. The van der Waals surface area contributed by atoms with E-state index in [0.717, 1.165) is 11.3 Å². The van der Waals surface area contributed by atoms with Gasteiger partial charge in [-0.15, -0.1) is 0 Å². The van der Waals surface area contributed by atoms with Crippen molar-refractivity contribution in [3.63, 3.8) is 0 Å². The molecule has 1 aromatic rings. The van der Waals surface area contributed by atoms with Crippen LogP contribution in [-0.2, 0) is 0 Å². The van der Waals surface area contributed by atoms with Crippen molar-refractivity contribution in [3.8, 4) is 0 Å². The molecule has 1 unspecified atom stereocenters. The second-order valence-electron chi connectivity index (χ2n) is 5.13. The molecule has 88 valence electrons. The van der Waals surface area contributed by atoms with Crippen LogP contribution in [-0.4, -0.2) is 11.3 Å². The van der Waals surface area contributed by atoms with Crippen molar-refractivity contribution in [1.82, 2.24) is 0 Å². The van der Waals surface area contributed by atoms with Crippen LogP contribution in [0.15, 0.2) is 30.3 Å². The molecule has 0 N–H and O–H groups in total. The maximum atomic E-state index is 2.41. The highest BCUT2D eigenvalue weighted by Gasteiger charge is 2.26. The lowest BCUT2D eigenvalue weighted by Crippen LogP contribution is -2.21. The molecule has 2 rings (SSSR count). The Morgan fingerprint density at radius 3 is 2.19 bits per heavy atom. The summed E-state index contributed by atoms with van der Waals surface area (Å²) in [5, 5.41) is 1.62. The third-order valence-corrected chi connectivity index (χ3v) is 6.89. The van der Waals surface area contributed by atoms with Gasteiger partial charge in [-0.3, -0.25) is 0 Å². The summed E-state index contributed by atoms with van der Waals surface area (Å²) in [4.78, 5) is 0. The van der Waals surface area contributed by atoms with E-state index in [4.69, 9.17) is 0 Å². The normalized spacial score (nSPS) is 19.9. The topological polar surface area (TPSA) is 0 Å². The monoisotopic (exact) mass is 234 g/mol. The number of benzene rings is 1. The van der Waals surface area contributed by atoms with Crippen LogP contribution in [0.1, 0.15) is 46.0 Å². The Kier molecular flexibility index (Phi) is 4.41. The van der Waals surface area contributed by atoms with E-state index in [1.54, 1.807) is 5.30 Å². The standard InChI is InChI=1S/C15H23P/c1-13(2)16(14-9-5-3-6-10-14)15-11-7-4-8-12-15/h3,5-6,9-10,13,15H,4,7-8,11-12H2,1-2H3. The van der Waals surface area contributed by atoms with E-state index >= 15 is 0 Å². The first-order valence-corrected chi connectivity index (χ1v) is 8.10. The van der Waals surface area contributed by atoms with Gasteiger partial charge in [0.1, 0.15) is 0 Å². The number of hydrogen-bond acceptors (Lipinski definition) is 0. The zero-order chi connectivity index (χ0) is 11.4. The molecular weight excluding hydrogens is 211 g/mol. The van der Waals surface area contributed by atoms with Gasteiger partial charge in [0, 0.05) is 0 Å². The molecule has 16 heavy (non-hydrogen) atoms. The Morgan fingerprint density at radius 1 is 1.00 bits per heavy atom. The zero-order valence-electron chi connectivity index (χ0n) is 10.5. The van der Waals surface area contributed by atoms with Crippen LogP contribution in [0.5, 0.6) is 0 Å². The van der Waals surface area contributed by atoms with Gasteiger partial charge in [0.2, 0.25) is 0 Å². The Labute approximate surface area is 101 Å². The van der Waals surface area contributed by atoms with Crippen LogP contribution < -0.4 is 5.30 Å². The summed E-state index contributed by atoms with van der Waals surface area (Å²) in [6.45, 7) is 4.82. The minimum absolute atomic E-state index is 0.0671. The van der Waals surface area contributed by atoms with Gasteiger partial charge in [-0.05, 0) is 29.5 Å². The molecule has 0 aromatic heterocycles. The highest BCUT2D eigenvalue weighted by molar-refractivity contribution is 7.67. The van der Waals surface area contributed by atoms with Crippen LogP contribution in [0.4, 0.5) is 0 Å². The quantitative estimate of drug-likeness (QED) is 0.674. The van der Waals surface area contributed by atoms with Crippen LogP contribution in [0, 0.1) is 0 Å². The molecule has 1 fully saturated rings. The zero-order valence-corrected chi connectivity index (χ0v) is 11.4. The van der Waals surface area contributed by atoms with Crippen molar-refractivity contribution < 1.29 is 0 Å². The molecule has 0 bridgehead atoms. The fourth-order valence-corrected chi connectivity index (χ4v) is 6.19. The smallest absolute Gasteiger partial charge is 0.0167 e. The summed E-state index contributed by atoms with van der Waals surface area (Å²) in [5.74, 6) is 0. The second kappa shape index (κ2) is 5.82. The van der Waals surface area contributed by atoms with Gasteiger partial charge < -0.3 is 0 Å². The summed E-state index contributed by atoms with van der Waals surface area (Å²) < 4.78 is 0. The first-order chi connectivity index (χ1) is 7.79. The Bertz CT molecular complexity index is 298. The first kappa shape index (κ1) is 12.1. The van der Waals surface area contributed by atoms with Crippen LogP contribution in [0.2, 0.25) is 0 Å². The van der Waals surface area contributed by atoms with Crippen molar-refractivity contribution in [2.45, 2.75) is 57.3 Å². The van der Waals surface area contributed by atoms with Gasteiger partial charge in [-0.2, -0.15) is 0 Å². The maximum Gasteiger partial charge on any atom is -0.0167 e. The van der Waals surface area contributed by atoms with Gasteiger partial charge in [0.05, 0.1) is 0 Å². The van der Waals surface area contributed by atoms with Crippen LogP contribution in [0.25, 0.3) is 0 Å². The van der Waals surface area contributed by atoms with Crippen molar-refractivity contribution in [2.24, 2.45) is 0 Å². The molecular formula is C15H23P. The highest BCUT2D eigenvalue weighted by Crippen LogP contribution is 2.50. The molecule has 0 spiro atoms. The minimum atomic E-state index is 0.0671. The van der Waals surface area contributed by atoms with Crippen molar-refractivity contribution in [1.29, 1.82) is 0 Å². The predicted molar refractivity (Wildman–Crippen MR) is 75.0 cm³/mol. The van der Waals surface area contributed by atoms with E-state index < -0.39 is 0 Å². The van der Waals surface area contributed by atoms with E-state index in [-0.39, 0.29) is 7.92 Å². The Balaban J connectivity index is 2.16. The molecule has 0 nitrogen and oxygen atoms in total. The van der Waals surface area contributed by atoms with E-state index in [1.807, 2.05) is 0 Å². The van der Waals surface area contributed by atoms with E-state index in [9.17, 15) is 0 Å². The van der Waals surface area contributed by atoms with Crippen LogP contribution >= 0.6 is 7.92 Å². The molecule has 1 heteroatoms.